The number of nitrogens with zero attached hydrogens (tertiary/aromatic N) is 2. The highest BCUT2D eigenvalue weighted by molar-refractivity contribution is 7.20. The predicted octanol–water partition coefficient (Wildman–Crippen LogP) is 5.79. The van der Waals surface area contributed by atoms with E-state index in [-0.39, 0.29) is 11.7 Å². The molecule has 0 atom stereocenters. The third-order valence-electron chi connectivity index (χ3n) is 5.47. The number of hydrogen-bond acceptors (Lipinski definition) is 5. The summed E-state index contributed by atoms with van der Waals surface area (Å²) in [5, 5.41) is 2.56. The Morgan fingerprint density at radius 2 is 1.81 bits per heavy atom. The van der Waals surface area contributed by atoms with Gasteiger partial charge >= 0.3 is 0 Å². The lowest BCUT2D eigenvalue weighted by atomic mass is 10.0. The maximum absolute atomic E-state index is 13.4. The zero-order valence-corrected chi connectivity index (χ0v) is 19.4. The average molecular weight is 490 g/mol. The quantitative estimate of drug-likeness (QED) is 0.369. The second-order valence-electron chi connectivity index (χ2n) is 7.23. The zero-order chi connectivity index (χ0) is 21.5. The van der Waals surface area contributed by atoms with Crippen molar-refractivity contribution in [3.05, 3.63) is 72.7 Å². The number of fused-ring (bicyclic) bond motifs is 1. The Kier molecular flexibility index (Phi) is 5.52. The first kappa shape index (κ1) is 20.6. The number of piperazine rings is 1. The van der Waals surface area contributed by atoms with Crippen LogP contribution in [0.2, 0.25) is 8.67 Å². The maximum Gasteiger partial charge on any atom is 0.254 e. The summed E-state index contributed by atoms with van der Waals surface area (Å²) in [7, 11) is 0. The van der Waals surface area contributed by atoms with E-state index in [1.165, 1.54) is 22.7 Å². The Morgan fingerprint density at radius 1 is 1.00 bits per heavy atom. The standard InChI is InChI=1S/C22H17Cl2N3O2S2/c23-18-11-16(21(24)31-18)26-6-8-27(9-7-26)22(29)13-3-1-4-15-19(13)14(12-25-15)20(28)17-5-2-10-30-17/h1-5,10-12,25H,6-9H2. The maximum atomic E-state index is 13.4. The Bertz CT molecular complexity index is 1270. The van der Waals surface area contributed by atoms with Gasteiger partial charge in [-0.1, -0.05) is 35.3 Å². The number of carbonyl (C=O) groups is 2. The van der Waals surface area contributed by atoms with E-state index >= 15 is 0 Å². The Hall–Kier alpha value is -2.32. The lowest BCUT2D eigenvalue weighted by Crippen LogP contribution is -2.48. The topological polar surface area (TPSA) is 56.4 Å². The second kappa shape index (κ2) is 8.31. The Labute approximate surface area is 196 Å². The number of anilines is 1. The van der Waals surface area contributed by atoms with E-state index in [0.29, 0.717) is 56.2 Å². The lowest BCUT2D eigenvalue weighted by Gasteiger charge is -2.36. The van der Waals surface area contributed by atoms with Gasteiger partial charge in [-0.05, 0) is 29.6 Å². The molecule has 1 aliphatic heterocycles. The molecule has 9 heteroatoms. The van der Waals surface area contributed by atoms with Gasteiger partial charge in [0.25, 0.3) is 5.91 Å². The molecule has 1 amide bonds. The van der Waals surface area contributed by atoms with E-state index in [9.17, 15) is 9.59 Å². The molecule has 0 bridgehead atoms. The summed E-state index contributed by atoms with van der Waals surface area (Å²) in [5.41, 5.74) is 2.77. The van der Waals surface area contributed by atoms with Gasteiger partial charge in [-0.25, -0.2) is 0 Å². The molecular weight excluding hydrogens is 473 g/mol. The highest BCUT2D eigenvalue weighted by atomic mass is 35.5. The lowest BCUT2D eigenvalue weighted by molar-refractivity contribution is 0.0749. The summed E-state index contributed by atoms with van der Waals surface area (Å²) < 4.78 is 1.32. The first-order valence-electron chi connectivity index (χ1n) is 9.70. The van der Waals surface area contributed by atoms with Crippen molar-refractivity contribution in [2.45, 2.75) is 0 Å². The van der Waals surface area contributed by atoms with E-state index in [1.54, 1.807) is 18.3 Å². The number of aromatic amines is 1. The number of H-pyrrole nitrogens is 1. The highest BCUT2D eigenvalue weighted by Gasteiger charge is 2.27. The van der Waals surface area contributed by atoms with Gasteiger partial charge < -0.3 is 14.8 Å². The van der Waals surface area contributed by atoms with Crippen LogP contribution in [0.4, 0.5) is 5.69 Å². The molecular formula is C22H17Cl2N3O2S2. The van der Waals surface area contributed by atoms with Crippen LogP contribution in [0.5, 0.6) is 0 Å². The molecule has 31 heavy (non-hydrogen) atoms. The summed E-state index contributed by atoms with van der Waals surface area (Å²) in [6.45, 7) is 2.47. The fraction of sp³-hybridized carbons (Fsp3) is 0.182. The Balaban J connectivity index is 1.41. The number of hydrogen-bond donors (Lipinski definition) is 1. The van der Waals surface area contributed by atoms with Gasteiger partial charge in [-0.15, -0.1) is 22.7 Å². The largest absolute Gasteiger partial charge is 0.366 e. The second-order valence-corrected chi connectivity index (χ2v) is 10.5. The van der Waals surface area contributed by atoms with Crippen LogP contribution in [0.15, 0.2) is 48.0 Å². The van der Waals surface area contributed by atoms with Crippen LogP contribution in [0.1, 0.15) is 25.6 Å². The number of nitrogens with one attached hydrogen (secondary N) is 1. The normalized spacial score (nSPS) is 14.4. The van der Waals surface area contributed by atoms with Gasteiger partial charge in [0.15, 0.2) is 0 Å². The van der Waals surface area contributed by atoms with Crippen LogP contribution in [0.3, 0.4) is 0 Å². The SMILES string of the molecule is O=C(c1cccs1)c1c[nH]c2cccc(C(=O)N3CCN(c4cc(Cl)sc4Cl)CC3)c12. The van der Waals surface area contributed by atoms with Crippen molar-refractivity contribution in [2.24, 2.45) is 0 Å². The van der Waals surface area contributed by atoms with E-state index in [4.69, 9.17) is 23.2 Å². The first-order chi connectivity index (χ1) is 15.0. The molecule has 1 saturated heterocycles. The van der Waals surface area contributed by atoms with Crippen LogP contribution in [-0.4, -0.2) is 47.8 Å². The van der Waals surface area contributed by atoms with Crippen molar-refractivity contribution in [3.63, 3.8) is 0 Å². The summed E-state index contributed by atoms with van der Waals surface area (Å²) in [4.78, 5) is 34.2. The first-order valence-corrected chi connectivity index (χ1v) is 12.2. The van der Waals surface area contributed by atoms with Gasteiger partial charge in [0.05, 0.1) is 14.9 Å². The number of amides is 1. The molecule has 1 aromatic carbocycles. The molecule has 0 radical (unpaired) electrons. The van der Waals surface area contributed by atoms with Gasteiger partial charge in [-0.2, -0.15) is 0 Å². The van der Waals surface area contributed by atoms with Crippen LogP contribution >= 0.6 is 45.9 Å². The minimum Gasteiger partial charge on any atom is -0.366 e. The van der Waals surface area contributed by atoms with E-state index < -0.39 is 0 Å². The van der Waals surface area contributed by atoms with Crippen LogP contribution in [0, 0.1) is 0 Å². The molecule has 4 aromatic rings. The highest BCUT2D eigenvalue weighted by Crippen LogP contribution is 2.38. The Morgan fingerprint density at radius 3 is 2.48 bits per heavy atom. The number of ketones is 1. The van der Waals surface area contributed by atoms with Crippen molar-refractivity contribution in [1.29, 1.82) is 0 Å². The fourth-order valence-corrected chi connectivity index (χ4v) is 6.14. The molecule has 3 aromatic heterocycles. The van der Waals surface area contributed by atoms with Gasteiger partial charge in [-0.3, -0.25) is 9.59 Å². The molecule has 0 saturated carbocycles. The molecule has 0 unspecified atom stereocenters. The van der Waals surface area contributed by atoms with Crippen LogP contribution in [-0.2, 0) is 0 Å². The van der Waals surface area contributed by atoms with E-state index in [2.05, 4.69) is 9.88 Å². The van der Waals surface area contributed by atoms with Crippen LogP contribution in [0.25, 0.3) is 10.9 Å². The van der Waals surface area contributed by atoms with E-state index in [0.717, 1.165) is 11.2 Å². The van der Waals surface area contributed by atoms with Crippen molar-refractivity contribution in [1.82, 2.24) is 9.88 Å². The number of carbonyl (C=O) groups excluding carboxylic acids is 2. The molecule has 5 rings (SSSR count). The van der Waals surface area contributed by atoms with Gasteiger partial charge in [0, 0.05) is 54.4 Å². The number of thiophene rings is 2. The molecule has 1 aliphatic rings. The number of rotatable bonds is 4. The van der Waals surface area contributed by atoms with Crippen molar-refractivity contribution in [2.75, 3.05) is 31.1 Å². The molecule has 0 spiro atoms. The van der Waals surface area contributed by atoms with Crippen molar-refractivity contribution < 1.29 is 9.59 Å². The summed E-state index contributed by atoms with van der Waals surface area (Å²) in [6, 6.07) is 11.1. The third kappa shape index (κ3) is 3.76. The number of aromatic nitrogens is 1. The average Bonchev–Trinajstić information content (AvgIpc) is 3.52. The monoisotopic (exact) mass is 489 g/mol. The number of benzene rings is 1. The minimum atomic E-state index is -0.0738. The summed E-state index contributed by atoms with van der Waals surface area (Å²) >= 11 is 15.1. The molecule has 5 nitrogen and oxygen atoms in total. The molecule has 1 fully saturated rings. The van der Waals surface area contributed by atoms with Crippen LogP contribution < -0.4 is 4.90 Å². The molecule has 0 aliphatic carbocycles. The summed E-state index contributed by atoms with van der Waals surface area (Å²) in [5.74, 6) is -0.144. The predicted molar refractivity (Wildman–Crippen MR) is 129 cm³/mol. The van der Waals surface area contributed by atoms with Gasteiger partial charge in [0.2, 0.25) is 5.78 Å². The molecule has 158 valence electrons. The third-order valence-corrected chi connectivity index (χ3v) is 7.81. The number of halogens is 2. The molecule has 4 heterocycles. The van der Waals surface area contributed by atoms with Crippen molar-refractivity contribution >= 4 is 74.2 Å². The van der Waals surface area contributed by atoms with Crippen molar-refractivity contribution in [3.8, 4) is 0 Å². The van der Waals surface area contributed by atoms with E-state index in [1.807, 2.05) is 34.5 Å². The molecule has 1 N–H and O–H groups in total. The zero-order valence-electron chi connectivity index (χ0n) is 16.2. The minimum absolute atomic E-state index is 0.0699. The fourth-order valence-electron chi connectivity index (χ4n) is 3.95. The smallest absolute Gasteiger partial charge is 0.254 e. The van der Waals surface area contributed by atoms with Gasteiger partial charge in [0.1, 0.15) is 4.34 Å². The summed E-state index contributed by atoms with van der Waals surface area (Å²) in [6.07, 6.45) is 1.70.